The summed E-state index contributed by atoms with van der Waals surface area (Å²) >= 11 is 1.39. The maximum absolute atomic E-state index is 12.1. The van der Waals surface area contributed by atoms with Crippen molar-refractivity contribution >= 4 is 27.5 Å². The fourth-order valence-corrected chi connectivity index (χ4v) is 5.68. The molecular formula is C16H21NO5S2. The molecule has 0 spiro atoms. The van der Waals surface area contributed by atoms with E-state index >= 15 is 0 Å². The molecule has 1 aromatic carbocycles. The first kappa shape index (κ1) is 17.4. The molecule has 1 N–H and O–H groups in total. The van der Waals surface area contributed by atoms with Crippen LogP contribution in [0.4, 0.5) is 0 Å². The van der Waals surface area contributed by atoms with Gasteiger partial charge in [0.1, 0.15) is 0 Å². The summed E-state index contributed by atoms with van der Waals surface area (Å²) < 4.78 is 34.4. The summed E-state index contributed by atoms with van der Waals surface area (Å²) in [6.07, 6.45) is 1.32. The van der Waals surface area contributed by atoms with Gasteiger partial charge in [-0.1, -0.05) is 0 Å². The minimum Gasteiger partial charge on any atom is -0.490 e. The van der Waals surface area contributed by atoms with Crippen molar-refractivity contribution in [2.75, 3.05) is 30.5 Å². The molecule has 0 unspecified atom stereocenters. The van der Waals surface area contributed by atoms with E-state index in [2.05, 4.69) is 5.32 Å². The van der Waals surface area contributed by atoms with Gasteiger partial charge in [-0.2, -0.15) is 0 Å². The highest BCUT2D eigenvalue weighted by molar-refractivity contribution is 8.00. The summed E-state index contributed by atoms with van der Waals surface area (Å²) in [6, 6.07) is 5.62. The molecule has 0 saturated carbocycles. The van der Waals surface area contributed by atoms with Crippen LogP contribution >= 0.6 is 11.8 Å². The van der Waals surface area contributed by atoms with E-state index in [0.29, 0.717) is 25.4 Å². The maximum atomic E-state index is 12.1. The van der Waals surface area contributed by atoms with Crippen molar-refractivity contribution in [2.24, 2.45) is 0 Å². The normalized spacial score (nSPS) is 25.0. The first-order chi connectivity index (χ1) is 11.4. The molecule has 24 heavy (non-hydrogen) atoms. The number of nitrogens with one attached hydrogen (secondary N) is 1. The van der Waals surface area contributed by atoms with Gasteiger partial charge in [-0.05, 0) is 31.5 Å². The summed E-state index contributed by atoms with van der Waals surface area (Å²) in [5.41, 5.74) is -0.652. The lowest BCUT2D eigenvalue weighted by molar-refractivity contribution is -0.120. The largest absolute Gasteiger partial charge is 0.490 e. The molecular weight excluding hydrogens is 350 g/mol. The number of ether oxygens (including phenoxy) is 2. The zero-order chi connectivity index (χ0) is 17.2. The van der Waals surface area contributed by atoms with Crippen LogP contribution in [-0.4, -0.2) is 50.3 Å². The topological polar surface area (TPSA) is 81.7 Å². The third kappa shape index (κ3) is 4.36. The third-order valence-corrected chi connectivity index (χ3v) is 6.93. The number of rotatable bonds is 4. The van der Waals surface area contributed by atoms with E-state index in [9.17, 15) is 13.2 Å². The molecule has 2 aliphatic heterocycles. The number of amides is 1. The van der Waals surface area contributed by atoms with E-state index in [0.717, 1.165) is 17.1 Å². The summed E-state index contributed by atoms with van der Waals surface area (Å²) in [6.45, 7) is 3.05. The second-order valence-electron chi connectivity index (χ2n) is 6.40. The number of benzene rings is 1. The number of hydrogen-bond donors (Lipinski definition) is 1. The quantitative estimate of drug-likeness (QED) is 0.810. The number of hydrogen-bond acceptors (Lipinski definition) is 6. The summed E-state index contributed by atoms with van der Waals surface area (Å²) in [4.78, 5) is 13.1. The average Bonchev–Trinajstić information content (AvgIpc) is 2.69. The minimum atomic E-state index is -3.03. The second kappa shape index (κ2) is 6.84. The van der Waals surface area contributed by atoms with Crippen LogP contribution in [0, 0.1) is 0 Å². The van der Waals surface area contributed by atoms with Gasteiger partial charge in [-0.25, -0.2) is 8.42 Å². The standard InChI is InChI=1S/C16H21NO5S2/c1-16(5-8-24(19,20)11-16)17-15(18)10-23-12-3-4-13-14(9-12)22-7-2-6-21-13/h3-4,9H,2,5-8,10-11H2,1H3,(H,17,18)/t16-/m0/s1. The van der Waals surface area contributed by atoms with E-state index < -0.39 is 15.4 Å². The third-order valence-electron chi connectivity index (χ3n) is 4.03. The van der Waals surface area contributed by atoms with Gasteiger partial charge in [0, 0.05) is 11.3 Å². The predicted octanol–water partition coefficient (Wildman–Crippen LogP) is 1.63. The molecule has 132 valence electrons. The van der Waals surface area contributed by atoms with E-state index in [4.69, 9.17) is 9.47 Å². The smallest absolute Gasteiger partial charge is 0.230 e. The highest BCUT2D eigenvalue weighted by Gasteiger charge is 2.39. The van der Waals surface area contributed by atoms with Gasteiger partial charge >= 0.3 is 0 Å². The fourth-order valence-electron chi connectivity index (χ4n) is 2.86. The van der Waals surface area contributed by atoms with Crippen molar-refractivity contribution in [1.29, 1.82) is 0 Å². The lowest BCUT2D eigenvalue weighted by Gasteiger charge is -2.23. The highest BCUT2D eigenvalue weighted by atomic mass is 32.2. The summed E-state index contributed by atoms with van der Waals surface area (Å²) in [5.74, 6) is 1.65. The number of fused-ring (bicyclic) bond motifs is 1. The molecule has 2 aliphatic rings. The van der Waals surface area contributed by atoms with Crippen LogP contribution in [0.5, 0.6) is 11.5 Å². The first-order valence-corrected chi connectivity index (χ1v) is 10.7. The van der Waals surface area contributed by atoms with Crippen molar-refractivity contribution in [3.05, 3.63) is 18.2 Å². The van der Waals surface area contributed by atoms with Crippen LogP contribution < -0.4 is 14.8 Å². The molecule has 8 heteroatoms. The lowest BCUT2D eigenvalue weighted by atomic mass is 10.0. The van der Waals surface area contributed by atoms with Gasteiger partial charge in [0.2, 0.25) is 5.91 Å². The molecule has 0 radical (unpaired) electrons. The van der Waals surface area contributed by atoms with Crippen molar-refractivity contribution < 1.29 is 22.7 Å². The molecule has 1 aromatic rings. The van der Waals surface area contributed by atoms with E-state index in [1.165, 1.54) is 11.8 Å². The number of carbonyl (C=O) groups excluding carboxylic acids is 1. The fraction of sp³-hybridized carbons (Fsp3) is 0.562. The molecule has 0 bridgehead atoms. The Kier molecular flexibility index (Phi) is 4.96. The van der Waals surface area contributed by atoms with Crippen molar-refractivity contribution in [3.63, 3.8) is 0 Å². The molecule has 1 atom stereocenters. The SMILES string of the molecule is C[C@]1(NC(=O)CSc2ccc3c(c2)OCCCO3)CCS(=O)(=O)C1. The predicted molar refractivity (Wildman–Crippen MR) is 92.6 cm³/mol. The van der Waals surface area contributed by atoms with Crippen molar-refractivity contribution in [3.8, 4) is 11.5 Å². The van der Waals surface area contributed by atoms with Gasteiger partial charge in [0.15, 0.2) is 21.3 Å². The molecule has 2 heterocycles. The van der Waals surface area contributed by atoms with E-state index in [1.54, 1.807) is 6.92 Å². The lowest BCUT2D eigenvalue weighted by Crippen LogP contribution is -2.47. The van der Waals surface area contributed by atoms with Crippen LogP contribution in [0.25, 0.3) is 0 Å². The zero-order valence-electron chi connectivity index (χ0n) is 13.5. The second-order valence-corrected chi connectivity index (χ2v) is 9.63. The van der Waals surface area contributed by atoms with Gasteiger partial charge in [-0.3, -0.25) is 4.79 Å². The highest BCUT2D eigenvalue weighted by Crippen LogP contribution is 2.34. The van der Waals surface area contributed by atoms with Gasteiger partial charge in [0.05, 0.1) is 36.0 Å². The molecule has 0 aliphatic carbocycles. The van der Waals surface area contributed by atoms with E-state index in [-0.39, 0.29) is 23.2 Å². The van der Waals surface area contributed by atoms with Crippen LogP contribution in [-0.2, 0) is 14.6 Å². The number of sulfone groups is 1. The first-order valence-electron chi connectivity index (χ1n) is 7.89. The number of carbonyl (C=O) groups is 1. The van der Waals surface area contributed by atoms with Gasteiger partial charge in [0.25, 0.3) is 0 Å². The summed E-state index contributed by atoms with van der Waals surface area (Å²) in [5, 5.41) is 2.86. The zero-order valence-corrected chi connectivity index (χ0v) is 15.2. The Morgan fingerprint density at radius 3 is 2.75 bits per heavy atom. The molecule has 1 fully saturated rings. The van der Waals surface area contributed by atoms with Crippen LogP contribution in [0.1, 0.15) is 19.8 Å². The minimum absolute atomic E-state index is 0.0143. The summed E-state index contributed by atoms with van der Waals surface area (Å²) in [7, 11) is -3.03. The van der Waals surface area contributed by atoms with Gasteiger partial charge < -0.3 is 14.8 Å². The Morgan fingerprint density at radius 2 is 2.04 bits per heavy atom. The molecule has 1 amide bonds. The Bertz CT molecular complexity index is 734. The van der Waals surface area contributed by atoms with E-state index in [1.807, 2.05) is 18.2 Å². The van der Waals surface area contributed by atoms with Crippen molar-refractivity contribution in [1.82, 2.24) is 5.32 Å². The molecule has 1 saturated heterocycles. The van der Waals surface area contributed by atoms with Gasteiger partial charge in [-0.15, -0.1) is 11.8 Å². The molecule has 3 rings (SSSR count). The Morgan fingerprint density at radius 1 is 1.29 bits per heavy atom. The van der Waals surface area contributed by atoms with Crippen LogP contribution in [0.3, 0.4) is 0 Å². The Balaban J connectivity index is 1.56. The monoisotopic (exact) mass is 371 g/mol. The Hall–Kier alpha value is -1.41. The number of thioether (sulfide) groups is 1. The maximum Gasteiger partial charge on any atom is 0.230 e. The van der Waals surface area contributed by atoms with Crippen molar-refractivity contribution in [2.45, 2.75) is 30.2 Å². The average molecular weight is 371 g/mol. The van der Waals surface area contributed by atoms with Crippen LogP contribution in [0.15, 0.2) is 23.1 Å². The van der Waals surface area contributed by atoms with Crippen LogP contribution in [0.2, 0.25) is 0 Å². The molecule has 6 nitrogen and oxygen atoms in total. The molecule has 0 aromatic heterocycles. The Labute approximate surface area is 146 Å².